The normalized spacial score (nSPS) is 46.4. The van der Waals surface area contributed by atoms with Crippen molar-refractivity contribution < 1.29 is 42.5 Å². The van der Waals surface area contributed by atoms with Gasteiger partial charge in [-0.15, -0.1) is 0 Å². The maximum absolute atomic E-state index is 14.3. The average Bonchev–Trinajstić information content (AvgIpc) is 3.44. The second-order valence-corrected chi connectivity index (χ2v) is 11.9. The van der Waals surface area contributed by atoms with Gasteiger partial charge >= 0.3 is 11.9 Å². The molecule has 0 aromatic carbocycles. The van der Waals surface area contributed by atoms with Crippen molar-refractivity contribution in [3.05, 3.63) is 36.3 Å². The quantitative estimate of drug-likeness (QED) is 0.352. The maximum Gasteiger partial charge on any atom is 0.336 e. The zero-order valence-corrected chi connectivity index (χ0v) is 20.9. The molecule has 192 valence electrons. The van der Waals surface area contributed by atoms with Gasteiger partial charge in [-0.2, -0.15) is 0 Å². The minimum atomic E-state index is -1.34. The predicted octanol–water partition coefficient (Wildman–Crippen LogP) is 2.59. The number of methoxy groups -OCH3 is 1. The van der Waals surface area contributed by atoms with Gasteiger partial charge in [0.1, 0.15) is 6.10 Å². The second kappa shape index (κ2) is 7.16. The molecule has 1 aromatic rings. The Morgan fingerprint density at radius 2 is 1.89 bits per heavy atom. The summed E-state index contributed by atoms with van der Waals surface area (Å²) in [5.74, 6) is -4.04. The standard InChI is InChI=1S/C27H30O9/c1-24(2)18-14-10-25(3)19(27(18,12-34-24)8-6-15(28)32-5)16(29)21(30)26(4)20(25)17(35-14)23(31)36-22(26)13-7-9-33-11-13/h6-9,11,14,17-20,22H,10,12H2,1-5H3/t14-,17-,18+,19+,20+,22-,25+,26+,27-/m0/s1. The molecule has 9 atom stereocenters. The van der Waals surface area contributed by atoms with E-state index in [1.165, 1.54) is 25.7 Å². The maximum atomic E-state index is 14.3. The molecule has 0 N–H and O–H groups in total. The van der Waals surface area contributed by atoms with Crippen LogP contribution in [0.3, 0.4) is 0 Å². The van der Waals surface area contributed by atoms with E-state index in [4.69, 9.17) is 23.4 Å². The minimum Gasteiger partial charge on any atom is -0.472 e. The van der Waals surface area contributed by atoms with Gasteiger partial charge in [-0.3, -0.25) is 9.59 Å². The summed E-state index contributed by atoms with van der Waals surface area (Å²) < 4.78 is 28.7. The molecule has 2 aliphatic carbocycles. The number of ketones is 2. The van der Waals surface area contributed by atoms with E-state index < -0.39 is 75.5 Å². The first-order valence-electron chi connectivity index (χ1n) is 12.3. The van der Waals surface area contributed by atoms with Crippen molar-refractivity contribution in [2.24, 2.45) is 34.0 Å². The summed E-state index contributed by atoms with van der Waals surface area (Å²) in [6, 6.07) is 1.65. The number of carbonyl (C=O) groups is 4. The fraction of sp³-hybridized carbons (Fsp3) is 0.630. The lowest BCUT2D eigenvalue weighted by Crippen LogP contribution is -2.77. The highest BCUT2D eigenvalue weighted by Crippen LogP contribution is 2.73. The molecule has 5 aliphatic rings. The smallest absolute Gasteiger partial charge is 0.336 e. The van der Waals surface area contributed by atoms with Crippen LogP contribution in [0.25, 0.3) is 0 Å². The lowest BCUT2D eigenvalue weighted by molar-refractivity contribution is -0.294. The topological polar surface area (TPSA) is 118 Å². The first-order valence-corrected chi connectivity index (χ1v) is 12.3. The number of Topliss-reactive ketones (excluding diaryl/α,β-unsaturated/α-hetero) is 2. The number of carbonyl (C=O) groups excluding carboxylic acids is 4. The average molecular weight is 499 g/mol. The van der Waals surface area contributed by atoms with Crippen molar-refractivity contribution in [2.45, 2.75) is 58.0 Å². The van der Waals surface area contributed by atoms with Crippen LogP contribution >= 0.6 is 0 Å². The largest absolute Gasteiger partial charge is 0.472 e. The molecular weight excluding hydrogens is 468 g/mol. The number of hydrogen-bond acceptors (Lipinski definition) is 9. The Hall–Kier alpha value is -2.78. The van der Waals surface area contributed by atoms with Gasteiger partial charge < -0.3 is 23.4 Å². The second-order valence-electron chi connectivity index (χ2n) is 11.9. The number of ether oxygens (including phenoxy) is 4. The van der Waals surface area contributed by atoms with E-state index in [0.717, 1.165) is 0 Å². The van der Waals surface area contributed by atoms with Gasteiger partial charge in [-0.05, 0) is 38.7 Å². The van der Waals surface area contributed by atoms with Gasteiger partial charge in [-0.25, -0.2) is 9.59 Å². The summed E-state index contributed by atoms with van der Waals surface area (Å²) in [4.78, 5) is 54.0. The van der Waals surface area contributed by atoms with Crippen molar-refractivity contribution in [1.82, 2.24) is 0 Å². The number of esters is 2. The van der Waals surface area contributed by atoms with Gasteiger partial charge in [0, 0.05) is 34.8 Å². The van der Waals surface area contributed by atoms with Crippen molar-refractivity contribution >= 4 is 23.5 Å². The van der Waals surface area contributed by atoms with Gasteiger partial charge in [0.15, 0.2) is 6.10 Å². The number of furan rings is 1. The van der Waals surface area contributed by atoms with Gasteiger partial charge in [0.2, 0.25) is 11.6 Å². The molecule has 1 aromatic heterocycles. The van der Waals surface area contributed by atoms with E-state index in [9.17, 15) is 19.2 Å². The Kier molecular flexibility index (Phi) is 4.70. The monoisotopic (exact) mass is 498 g/mol. The van der Waals surface area contributed by atoms with Crippen LogP contribution in [-0.2, 0) is 38.1 Å². The summed E-state index contributed by atoms with van der Waals surface area (Å²) in [7, 11) is 1.28. The zero-order valence-electron chi connectivity index (χ0n) is 20.9. The predicted molar refractivity (Wildman–Crippen MR) is 121 cm³/mol. The minimum absolute atomic E-state index is 0.140. The molecule has 0 unspecified atom stereocenters. The fourth-order valence-corrected chi connectivity index (χ4v) is 8.76. The van der Waals surface area contributed by atoms with Gasteiger partial charge in [0.05, 0.1) is 43.4 Å². The highest BCUT2D eigenvalue weighted by Gasteiger charge is 2.80. The van der Waals surface area contributed by atoms with E-state index in [2.05, 4.69) is 0 Å². The summed E-state index contributed by atoms with van der Waals surface area (Å²) in [5, 5.41) is 0. The third-order valence-corrected chi connectivity index (χ3v) is 9.78. The molecule has 3 aliphatic heterocycles. The molecule has 2 bridgehead atoms. The molecule has 0 amide bonds. The summed E-state index contributed by atoms with van der Waals surface area (Å²) in [6.45, 7) is 7.65. The molecule has 0 spiro atoms. The molecule has 0 radical (unpaired) electrons. The lowest BCUT2D eigenvalue weighted by Gasteiger charge is -2.69. The molecule has 6 rings (SSSR count). The van der Waals surface area contributed by atoms with E-state index in [0.29, 0.717) is 12.0 Å². The van der Waals surface area contributed by atoms with Crippen molar-refractivity contribution in [2.75, 3.05) is 13.7 Å². The molecule has 5 fully saturated rings. The third-order valence-electron chi connectivity index (χ3n) is 9.78. The molecule has 9 nitrogen and oxygen atoms in total. The molecule has 3 saturated heterocycles. The van der Waals surface area contributed by atoms with Crippen LogP contribution in [0.15, 0.2) is 35.2 Å². The fourth-order valence-electron chi connectivity index (χ4n) is 8.76. The Labute approximate surface area is 208 Å². The summed E-state index contributed by atoms with van der Waals surface area (Å²) >= 11 is 0. The van der Waals surface area contributed by atoms with Crippen molar-refractivity contribution in [3.63, 3.8) is 0 Å². The number of rotatable bonds is 3. The van der Waals surface area contributed by atoms with Crippen LogP contribution in [0.4, 0.5) is 0 Å². The number of hydrogen-bond donors (Lipinski definition) is 0. The van der Waals surface area contributed by atoms with E-state index in [1.54, 1.807) is 19.1 Å². The molecule has 36 heavy (non-hydrogen) atoms. The molecule has 4 heterocycles. The van der Waals surface area contributed by atoms with Crippen molar-refractivity contribution in [1.29, 1.82) is 0 Å². The van der Waals surface area contributed by atoms with Crippen molar-refractivity contribution in [3.8, 4) is 0 Å². The molecule has 2 saturated carbocycles. The van der Waals surface area contributed by atoms with Crippen LogP contribution in [0.1, 0.15) is 45.8 Å². The number of fused-ring (bicyclic) bond motifs is 4. The van der Waals surface area contributed by atoms with Crippen LogP contribution in [-0.4, -0.2) is 55.0 Å². The first kappa shape index (κ1) is 23.6. The highest BCUT2D eigenvalue weighted by atomic mass is 16.6. The SMILES string of the molecule is COC(=O)C=C[C@]12COC(C)(C)[C@H]1[C@@H]1C[C@]3(C)[C@H]2C(=O)C(=O)[C@@]2(C)[C@@H]3[C@H](O1)C(=O)O[C@H]2c1ccoc1. The molecular formula is C27H30O9. The first-order chi connectivity index (χ1) is 16.9. The lowest BCUT2D eigenvalue weighted by atomic mass is 9.36. The zero-order chi connectivity index (χ0) is 25.8. The van der Waals surface area contributed by atoms with Crippen LogP contribution in [0, 0.1) is 34.0 Å². The van der Waals surface area contributed by atoms with E-state index in [1.807, 2.05) is 20.8 Å². The molecule has 9 heteroatoms. The Bertz CT molecular complexity index is 1200. The Morgan fingerprint density at radius 1 is 1.14 bits per heavy atom. The summed E-state index contributed by atoms with van der Waals surface area (Å²) in [6.07, 6.45) is 3.94. The van der Waals surface area contributed by atoms with Crippen LogP contribution in [0.5, 0.6) is 0 Å². The summed E-state index contributed by atoms with van der Waals surface area (Å²) in [5.41, 5.74) is -3.34. The van der Waals surface area contributed by atoms with E-state index in [-0.39, 0.29) is 12.5 Å². The third kappa shape index (κ3) is 2.62. The van der Waals surface area contributed by atoms with Gasteiger partial charge in [-0.1, -0.05) is 13.0 Å². The highest BCUT2D eigenvalue weighted by molar-refractivity contribution is 6.41. The Morgan fingerprint density at radius 3 is 2.56 bits per heavy atom. The van der Waals surface area contributed by atoms with E-state index >= 15 is 0 Å². The Balaban J connectivity index is 1.59. The van der Waals surface area contributed by atoms with Gasteiger partial charge in [0.25, 0.3) is 0 Å². The van der Waals surface area contributed by atoms with Crippen LogP contribution in [0.2, 0.25) is 0 Å². The van der Waals surface area contributed by atoms with Crippen LogP contribution < -0.4 is 0 Å². The number of cyclic esters (lactones) is 1.